The molecule has 18 heavy (non-hydrogen) atoms. The maximum Gasteiger partial charge on any atom is 0.0485 e. The van der Waals surface area contributed by atoms with E-state index in [4.69, 9.17) is 10.5 Å². The van der Waals surface area contributed by atoms with Gasteiger partial charge in [-0.15, -0.1) is 0 Å². The molecule has 1 heterocycles. The second-order valence-corrected chi connectivity index (χ2v) is 5.80. The van der Waals surface area contributed by atoms with Crippen LogP contribution in [0.1, 0.15) is 31.4 Å². The third-order valence-corrected chi connectivity index (χ3v) is 4.31. The first-order valence-electron chi connectivity index (χ1n) is 6.45. The Morgan fingerprint density at radius 2 is 2.06 bits per heavy atom. The van der Waals surface area contributed by atoms with Crippen molar-refractivity contribution in [2.24, 2.45) is 5.73 Å². The lowest BCUT2D eigenvalue weighted by molar-refractivity contribution is 0.0855. The maximum atomic E-state index is 5.92. The molecule has 0 aromatic heterocycles. The highest BCUT2D eigenvalue weighted by atomic mass is 79.9. The van der Waals surface area contributed by atoms with E-state index in [0.717, 1.165) is 36.1 Å². The average molecular weight is 313 g/mol. The Bertz CT molecular complexity index is 403. The van der Waals surface area contributed by atoms with Crippen molar-refractivity contribution in [2.75, 3.05) is 25.2 Å². The molecule has 0 saturated carbocycles. The first-order chi connectivity index (χ1) is 8.59. The minimum absolute atomic E-state index is 0.0572. The highest BCUT2D eigenvalue weighted by Gasteiger charge is 2.19. The summed E-state index contributed by atoms with van der Waals surface area (Å²) in [6.45, 7) is 3.74. The van der Waals surface area contributed by atoms with E-state index >= 15 is 0 Å². The molecule has 1 atom stereocenters. The van der Waals surface area contributed by atoms with Gasteiger partial charge in [0.05, 0.1) is 0 Å². The zero-order chi connectivity index (χ0) is 13.1. The topological polar surface area (TPSA) is 38.5 Å². The average Bonchev–Trinajstić information content (AvgIpc) is 2.38. The van der Waals surface area contributed by atoms with Gasteiger partial charge in [-0.3, -0.25) is 0 Å². The zero-order valence-corrected chi connectivity index (χ0v) is 12.6. The fourth-order valence-corrected chi connectivity index (χ4v) is 3.12. The molecule has 1 aliphatic rings. The standard InChI is InChI=1S/C14H21BrN2O/c1-10(16)13-4-3-12(9-14(13)15)17(2)11-5-7-18-8-6-11/h3-4,9-11H,5-8,16H2,1-2H3/t10-/m1/s1. The molecule has 0 unspecified atom stereocenters. The molecule has 100 valence electrons. The SMILES string of the molecule is C[C@@H](N)c1ccc(N(C)C2CCOCC2)cc1Br. The van der Waals surface area contributed by atoms with E-state index in [1.807, 2.05) is 6.92 Å². The van der Waals surface area contributed by atoms with Gasteiger partial charge in [0.2, 0.25) is 0 Å². The quantitative estimate of drug-likeness (QED) is 0.932. The molecule has 0 spiro atoms. The second kappa shape index (κ2) is 6.04. The van der Waals surface area contributed by atoms with Crippen LogP contribution in [0.15, 0.2) is 22.7 Å². The molecule has 1 aliphatic heterocycles. The molecule has 4 heteroatoms. The summed E-state index contributed by atoms with van der Waals surface area (Å²) in [7, 11) is 2.16. The molecule has 1 fully saturated rings. The molecule has 1 saturated heterocycles. The smallest absolute Gasteiger partial charge is 0.0485 e. The van der Waals surface area contributed by atoms with E-state index in [9.17, 15) is 0 Å². The van der Waals surface area contributed by atoms with Crippen molar-refractivity contribution in [1.82, 2.24) is 0 Å². The summed E-state index contributed by atoms with van der Waals surface area (Å²) in [5.74, 6) is 0. The third-order valence-electron chi connectivity index (χ3n) is 3.62. The van der Waals surface area contributed by atoms with Crippen LogP contribution < -0.4 is 10.6 Å². The molecule has 2 rings (SSSR count). The highest BCUT2D eigenvalue weighted by molar-refractivity contribution is 9.10. The van der Waals surface area contributed by atoms with Gasteiger partial charge in [0.15, 0.2) is 0 Å². The first kappa shape index (κ1) is 13.8. The van der Waals surface area contributed by atoms with Crippen molar-refractivity contribution in [3.05, 3.63) is 28.2 Å². The van der Waals surface area contributed by atoms with E-state index in [1.54, 1.807) is 0 Å². The van der Waals surface area contributed by atoms with Gasteiger partial charge < -0.3 is 15.4 Å². The Kier molecular flexibility index (Phi) is 4.65. The molecule has 0 aliphatic carbocycles. The van der Waals surface area contributed by atoms with Crippen molar-refractivity contribution in [3.63, 3.8) is 0 Å². The summed E-state index contributed by atoms with van der Waals surface area (Å²) in [5, 5.41) is 0. The second-order valence-electron chi connectivity index (χ2n) is 4.95. The normalized spacial score (nSPS) is 18.7. The van der Waals surface area contributed by atoms with Crippen LogP contribution in [-0.2, 0) is 4.74 Å². The lowest BCUT2D eigenvalue weighted by Crippen LogP contribution is -2.36. The van der Waals surface area contributed by atoms with Crippen molar-refractivity contribution < 1.29 is 4.74 Å². The Labute approximate surface area is 117 Å². The molecule has 0 amide bonds. The van der Waals surface area contributed by atoms with E-state index in [2.05, 4.69) is 46.1 Å². The molecule has 2 N–H and O–H groups in total. The Morgan fingerprint density at radius 3 is 2.61 bits per heavy atom. The summed E-state index contributed by atoms with van der Waals surface area (Å²) < 4.78 is 6.50. The Hall–Kier alpha value is -0.580. The molecular weight excluding hydrogens is 292 g/mol. The molecule has 1 aromatic rings. The number of anilines is 1. The molecule has 0 bridgehead atoms. The van der Waals surface area contributed by atoms with Gasteiger partial charge in [0.25, 0.3) is 0 Å². The number of rotatable bonds is 3. The van der Waals surface area contributed by atoms with Crippen molar-refractivity contribution in [3.8, 4) is 0 Å². The predicted molar refractivity (Wildman–Crippen MR) is 79.0 cm³/mol. The van der Waals surface area contributed by atoms with Crippen LogP contribution in [0.5, 0.6) is 0 Å². The molecule has 1 aromatic carbocycles. The Balaban J connectivity index is 2.15. The fourth-order valence-electron chi connectivity index (χ4n) is 2.39. The molecule has 3 nitrogen and oxygen atoms in total. The number of hydrogen-bond acceptors (Lipinski definition) is 3. The van der Waals surface area contributed by atoms with E-state index in [1.165, 1.54) is 5.69 Å². The number of nitrogens with two attached hydrogens (primary N) is 1. The van der Waals surface area contributed by atoms with Gasteiger partial charge in [0, 0.05) is 42.5 Å². The van der Waals surface area contributed by atoms with Gasteiger partial charge in [-0.1, -0.05) is 22.0 Å². The third kappa shape index (κ3) is 3.05. The van der Waals surface area contributed by atoms with E-state index in [0.29, 0.717) is 6.04 Å². The highest BCUT2D eigenvalue weighted by Crippen LogP contribution is 2.29. The van der Waals surface area contributed by atoms with Gasteiger partial charge in [0.1, 0.15) is 0 Å². The lowest BCUT2D eigenvalue weighted by atomic mass is 10.1. The number of ether oxygens (including phenoxy) is 1. The maximum absolute atomic E-state index is 5.92. The largest absolute Gasteiger partial charge is 0.381 e. The zero-order valence-electron chi connectivity index (χ0n) is 11.0. The van der Waals surface area contributed by atoms with E-state index < -0.39 is 0 Å². The summed E-state index contributed by atoms with van der Waals surface area (Å²) >= 11 is 3.61. The summed E-state index contributed by atoms with van der Waals surface area (Å²) in [6.07, 6.45) is 2.20. The summed E-state index contributed by atoms with van der Waals surface area (Å²) in [5.41, 5.74) is 8.31. The van der Waals surface area contributed by atoms with Gasteiger partial charge in [-0.2, -0.15) is 0 Å². The van der Waals surface area contributed by atoms with Crippen LogP contribution in [0.2, 0.25) is 0 Å². The van der Waals surface area contributed by atoms with Gasteiger partial charge in [-0.25, -0.2) is 0 Å². The minimum atomic E-state index is 0.0572. The molecule has 0 radical (unpaired) electrons. The monoisotopic (exact) mass is 312 g/mol. The van der Waals surface area contributed by atoms with Crippen LogP contribution in [0.25, 0.3) is 0 Å². The number of halogens is 1. The number of nitrogens with zero attached hydrogens (tertiary/aromatic N) is 1. The predicted octanol–water partition coefficient (Wildman–Crippen LogP) is 3.08. The van der Waals surface area contributed by atoms with Crippen LogP contribution in [0, 0.1) is 0 Å². The van der Waals surface area contributed by atoms with Gasteiger partial charge in [-0.05, 0) is 37.5 Å². The Morgan fingerprint density at radius 1 is 1.39 bits per heavy atom. The summed E-state index contributed by atoms with van der Waals surface area (Å²) in [4.78, 5) is 2.35. The lowest BCUT2D eigenvalue weighted by Gasteiger charge is -2.33. The van der Waals surface area contributed by atoms with Crippen molar-refractivity contribution >= 4 is 21.6 Å². The number of benzene rings is 1. The van der Waals surface area contributed by atoms with Crippen LogP contribution >= 0.6 is 15.9 Å². The number of hydrogen-bond donors (Lipinski definition) is 1. The minimum Gasteiger partial charge on any atom is -0.381 e. The molecular formula is C14H21BrN2O. The van der Waals surface area contributed by atoms with Crippen molar-refractivity contribution in [2.45, 2.75) is 31.8 Å². The summed E-state index contributed by atoms with van der Waals surface area (Å²) in [6, 6.07) is 7.06. The van der Waals surface area contributed by atoms with Crippen LogP contribution in [0.3, 0.4) is 0 Å². The fraction of sp³-hybridized carbons (Fsp3) is 0.571. The van der Waals surface area contributed by atoms with Gasteiger partial charge >= 0.3 is 0 Å². The first-order valence-corrected chi connectivity index (χ1v) is 7.24. The van der Waals surface area contributed by atoms with Crippen LogP contribution in [0.4, 0.5) is 5.69 Å². The van der Waals surface area contributed by atoms with E-state index in [-0.39, 0.29) is 6.04 Å². The van der Waals surface area contributed by atoms with Crippen LogP contribution in [-0.4, -0.2) is 26.3 Å². The van der Waals surface area contributed by atoms with Crippen molar-refractivity contribution in [1.29, 1.82) is 0 Å².